The minimum atomic E-state index is -0.997. The van der Waals surface area contributed by atoms with E-state index in [1.807, 2.05) is 12.1 Å². The molecule has 0 bridgehead atoms. The first kappa shape index (κ1) is 26.9. The van der Waals surface area contributed by atoms with E-state index in [4.69, 9.17) is 14.6 Å². The molecule has 0 aliphatic carbocycles. The molecule has 0 saturated carbocycles. The van der Waals surface area contributed by atoms with Gasteiger partial charge in [0, 0.05) is 11.3 Å². The summed E-state index contributed by atoms with van der Waals surface area (Å²) in [5.41, 5.74) is 2.23. The van der Waals surface area contributed by atoms with E-state index in [9.17, 15) is 24.9 Å². The van der Waals surface area contributed by atoms with Crippen LogP contribution in [0.25, 0.3) is 6.08 Å². The zero-order valence-corrected chi connectivity index (χ0v) is 20.9. The minimum absolute atomic E-state index is 0.0835. The van der Waals surface area contributed by atoms with E-state index in [0.29, 0.717) is 21.8 Å². The van der Waals surface area contributed by atoms with Crippen molar-refractivity contribution in [1.29, 1.82) is 10.5 Å². The van der Waals surface area contributed by atoms with Crippen LogP contribution in [-0.4, -0.2) is 29.4 Å². The van der Waals surface area contributed by atoms with Gasteiger partial charge in [-0.25, -0.2) is 9.59 Å². The molecule has 0 saturated heterocycles. The number of benzene rings is 2. The van der Waals surface area contributed by atoms with Crippen LogP contribution in [-0.2, 0) is 22.6 Å². The van der Waals surface area contributed by atoms with Gasteiger partial charge < -0.3 is 14.6 Å². The molecule has 0 amide bonds. The molecule has 186 valence electrons. The minimum Gasteiger partial charge on any atom is -0.489 e. The van der Waals surface area contributed by atoms with Gasteiger partial charge in [0.15, 0.2) is 5.78 Å². The van der Waals surface area contributed by atoms with Crippen LogP contribution in [0.3, 0.4) is 0 Å². The first-order valence-corrected chi connectivity index (χ1v) is 12.0. The largest absolute Gasteiger partial charge is 0.489 e. The Kier molecular flexibility index (Phi) is 8.93. The third kappa shape index (κ3) is 6.69. The number of allylic oxidation sites excluding steroid dienone is 1. The molecule has 0 aliphatic heterocycles. The number of ketones is 1. The number of carbonyl (C=O) groups excluding carboxylic acids is 2. The molecule has 37 heavy (non-hydrogen) atoms. The molecule has 0 spiro atoms. The molecular weight excluding hydrogens is 492 g/mol. The van der Waals surface area contributed by atoms with Crippen molar-refractivity contribution in [2.75, 3.05) is 6.61 Å². The number of nitrogens with zero attached hydrogens (tertiary/aromatic N) is 2. The second-order valence-electron chi connectivity index (χ2n) is 7.82. The van der Waals surface area contributed by atoms with Crippen molar-refractivity contribution in [3.05, 3.63) is 91.7 Å². The van der Waals surface area contributed by atoms with Gasteiger partial charge in [0.1, 0.15) is 29.4 Å². The number of hydrogen-bond donors (Lipinski definition) is 1. The molecule has 0 aliphatic rings. The van der Waals surface area contributed by atoms with Crippen LogP contribution >= 0.6 is 11.3 Å². The predicted octanol–water partition coefficient (Wildman–Crippen LogP) is 5.10. The standard InChI is InChI=1S/C28H22N2O6S/c1-3-35-28(34)26-17(2)23(15-30)25(37-26)13-24(31)21(14-29)12-18-6-10-22(11-7-18)36-16-19-4-8-20(9-5-19)27(32)33/h4-12H,3,13,16H2,1-2H3,(H,32,33)/b21-12+. The third-order valence-corrected chi connectivity index (χ3v) is 6.60. The number of carboxylic acid groups (broad SMARTS) is 1. The Labute approximate surface area is 217 Å². The molecule has 2 aromatic carbocycles. The van der Waals surface area contributed by atoms with Crippen molar-refractivity contribution in [1.82, 2.24) is 0 Å². The van der Waals surface area contributed by atoms with Gasteiger partial charge in [0.2, 0.25) is 0 Å². The molecule has 8 nitrogen and oxygen atoms in total. The zero-order chi connectivity index (χ0) is 26.9. The maximum Gasteiger partial charge on any atom is 0.348 e. The van der Waals surface area contributed by atoms with E-state index in [-0.39, 0.29) is 41.2 Å². The van der Waals surface area contributed by atoms with Crippen molar-refractivity contribution in [3.8, 4) is 17.9 Å². The fraction of sp³-hybridized carbons (Fsp3) is 0.179. The number of Topliss-reactive ketones (excluding diaryl/α,β-unsaturated/α-hetero) is 1. The monoisotopic (exact) mass is 514 g/mol. The fourth-order valence-electron chi connectivity index (χ4n) is 3.39. The Hall–Kier alpha value is -4.73. The highest BCUT2D eigenvalue weighted by Crippen LogP contribution is 2.29. The van der Waals surface area contributed by atoms with Crippen molar-refractivity contribution >= 4 is 35.1 Å². The van der Waals surface area contributed by atoms with E-state index in [1.165, 1.54) is 18.2 Å². The molecule has 3 aromatic rings. The SMILES string of the molecule is CCOC(=O)c1sc(CC(=O)/C(C#N)=C/c2ccc(OCc3ccc(C(=O)O)cc3)cc2)c(C#N)c1C. The average molecular weight is 515 g/mol. The van der Waals surface area contributed by atoms with Gasteiger partial charge in [-0.05, 0) is 60.9 Å². The van der Waals surface area contributed by atoms with Crippen molar-refractivity contribution in [2.45, 2.75) is 26.9 Å². The summed E-state index contributed by atoms with van der Waals surface area (Å²) in [5.74, 6) is -1.45. The van der Waals surface area contributed by atoms with Crippen LogP contribution in [0.15, 0.2) is 54.1 Å². The predicted molar refractivity (Wildman–Crippen MR) is 136 cm³/mol. The smallest absolute Gasteiger partial charge is 0.348 e. The van der Waals surface area contributed by atoms with Gasteiger partial charge >= 0.3 is 11.9 Å². The highest BCUT2D eigenvalue weighted by molar-refractivity contribution is 7.14. The fourth-order valence-corrected chi connectivity index (χ4v) is 4.54. The quantitative estimate of drug-likeness (QED) is 0.224. The van der Waals surface area contributed by atoms with Crippen LogP contribution in [0.2, 0.25) is 0 Å². The Morgan fingerprint density at radius 1 is 1.05 bits per heavy atom. The summed E-state index contributed by atoms with van der Waals surface area (Å²) >= 11 is 1.03. The third-order valence-electron chi connectivity index (χ3n) is 5.33. The number of ether oxygens (including phenoxy) is 2. The topological polar surface area (TPSA) is 137 Å². The van der Waals surface area contributed by atoms with Crippen LogP contribution < -0.4 is 4.74 Å². The van der Waals surface area contributed by atoms with Crippen molar-refractivity contribution < 1.29 is 29.0 Å². The lowest BCUT2D eigenvalue weighted by atomic mass is 10.0. The summed E-state index contributed by atoms with van der Waals surface area (Å²) in [6, 6.07) is 17.1. The highest BCUT2D eigenvalue weighted by atomic mass is 32.1. The van der Waals surface area contributed by atoms with Gasteiger partial charge in [-0.3, -0.25) is 4.79 Å². The summed E-state index contributed by atoms with van der Waals surface area (Å²) in [6.45, 7) is 3.75. The van der Waals surface area contributed by atoms with Gasteiger partial charge in [0.05, 0.1) is 23.3 Å². The molecule has 3 rings (SSSR count). The van der Waals surface area contributed by atoms with Gasteiger partial charge in [0.25, 0.3) is 0 Å². The first-order valence-electron chi connectivity index (χ1n) is 11.2. The zero-order valence-electron chi connectivity index (χ0n) is 20.1. The number of nitriles is 2. The Bertz CT molecular complexity index is 1440. The number of aromatic carboxylic acids is 1. The number of rotatable bonds is 10. The maximum atomic E-state index is 12.9. The Balaban J connectivity index is 1.69. The Morgan fingerprint density at radius 3 is 2.30 bits per heavy atom. The second-order valence-corrected chi connectivity index (χ2v) is 8.92. The summed E-state index contributed by atoms with van der Waals surface area (Å²) in [6.07, 6.45) is 1.27. The normalized spacial score (nSPS) is 10.8. The molecule has 0 atom stereocenters. The summed E-state index contributed by atoms with van der Waals surface area (Å²) < 4.78 is 10.7. The summed E-state index contributed by atoms with van der Waals surface area (Å²) in [5, 5.41) is 28.1. The summed E-state index contributed by atoms with van der Waals surface area (Å²) in [4.78, 5) is 36.6. The molecule has 9 heteroatoms. The molecular formula is C28H22N2O6S. The van der Waals surface area contributed by atoms with Gasteiger partial charge in [-0.15, -0.1) is 11.3 Å². The number of carbonyl (C=O) groups is 3. The van der Waals surface area contributed by atoms with Crippen molar-refractivity contribution in [3.63, 3.8) is 0 Å². The number of hydrogen-bond acceptors (Lipinski definition) is 8. The average Bonchev–Trinajstić information content (AvgIpc) is 3.21. The molecule has 1 aromatic heterocycles. The van der Waals surface area contributed by atoms with E-state index in [0.717, 1.165) is 16.9 Å². The second kappa shape index (κ2) is 12.3. The van der Waals surface area contributed by atoms with Crippen LogP contribution in [0, 0.1) is 29.6 Å². The van der Waals surface area contributed by atoms with E-state index < -0.39 is 17.7 Å². The molecule has 0 fully saturated rings. The number of thiophene rings is 1. The first-order chi connectivity index (χ1) is 17.8. The molecule has 1 N–H and O–H groups in total. The van der Waals surface area contributed by atoms with Crippen LogP contribution in [0.1, 0.15) is 54.1 Å². The van der Waals surface area contributed by atoms with Crippen molar-refractivity contribution in [2.24, 2.45) is 0 Å². The molecule has 0 unspecified atom stereocenters. The number of esters is 1. The molecule has 1 heterocycles. The maximum absolute atomic E-state index is 12.9. The highest BCUT2D eigenvalue weighted by Gasteiger charge is 2.23. The van der Waals surface area contributed by atoms with Crippen LogP contribution in [0.4, 0.5) is 0 Å². The van der Waals surface area contributed by atoms with Gasteiger partial charge in [-0.1, -0.05) is 24.3 Å². The van der Waals surface area contributed by atoms with E-state index in [2.05, 4.69) is 0 Å². The number of carboxylic acids is 1. The van der Waals surface area contributed by atoms with Gasteiger partial charge in [-0.2, -0.15) is 10.5 Å². The van der Waals surface area contributed by atoms with E-state index >= 15 is 0 Å². The summed E-state index contributed by atoms with van der Waals surface area (Å²) in [7, 11) is 0. The Morgan fingerprint density at radius 2 is 1.73 bits per heavy atom. The van der Waals surface area contributed by atoms with E-state index in [1.54, 1.807) is 50.2 Å². The molecule has 0 radical (unpaired) electrons. The lowest BCUT2D eigenvalue weighted by molar-refractivity contribution is -0.114. The van der Waals surface area contributed by atoms with Crippen LogP contribution in [0.5, 0.6) is 5.75 Å². The lowest BCUT2D eigenvalue weighted by Gasteiger charge is -2.07. The lowest BCUT2D eigenvalue weighted by Crippen LogP contribution is -2.05.